The van der Waals surface area contributed by atoms with Crippen LogP contribution in [0.3, 0.4) is 0 Å². The molecule has 0 N–H and O–H groups in total. The molecule has 1 aromatic rings. The highest BCUT2D eigenvalue weighted by atomic mass is 19.4. The van der Waals surface area contributed by atoms with Gasteiger partial charge in [0.05, 0.1) is 6.20 Å². The van der Waals surface area contributed by atoms with E-state index in [2.05, 4.69) is 10.3 Å². The van der Waals surface area contributed by atoms with Gasteiger partial charge in [-0.2, -0.15) is 13.2 Å². The number of carbonyl (C=O) groups is 1. The lowest BCUT2D eigenvalue weighted by Crippen LogP contribution is -2.17. The molecule has 0 radical (unpaired) electrons. The fraction of sp³-hybridized carbons (Fsp3) is 0.500. The van der Waals surface area contributed by atoms with Crippen molar-refractivity contribution in [2.24, 2.45) is 7.05 Å². The van der Waals surface area contributed by atoms with Gasteiger partial charge in [0.25, 0.3) is 0 Å². The molecule has 0 aliphatic carbocycles. The molecule has 72 valence electrons. The maximum atomic E-state index is 11.8. The normalized spacial score (nSPS) is 11.7. The summed E-state index contributed by atoms with van der Waals surface area (Å²) >= 11 is 0. The Bertz CT molecular complexity index is 317. The van der Waals surface area contributed by atoms with Crippen LogP contribution in [0.5, 0.6) is 0 Å². The number of aryl methyl sites for hydroxylation is 1. The molecule has 0 saturated heterocycles. The van der Waals surface area contributed by atoms with Crippen molar-refractivity contribution in [3.8, 4) is 0 Å². The van der Waals surface area contributed by atoms with Crippen LogP contribution in [0.25, 0.3) is 0 Å². The molecule has 7 heteroatoms. The fourth-order valence-electron chi connectivity index (χ4n) is 0.815. The Hall–Kier alpha value is -1.40. The Kier molecular flexibility index (Phi) is 2.35. The van der Waals surface area contributed by atoms with E-state index in [4.69, 9.17) is 0 Å². The number of carbonyl (C=O) groups excluding carboxylic acids is 1. The molecule has 0 aliphatic rings. The zero-order valence-corrected chi connectivity index (χ0v) is 6.67. The van der Waals surface area contributed by atoms with Gasteiger partial charge in [-0.1, -0.05) is 5.21 Å². The van der Waals surface area contributed by atoms with Crippen LogP contribution in [-0.4, -0.2) is 27.0 Å². The van der Waals surface area contributed by atoms with Crippen molar-refractivity contribution in [1.82, 2.24) is 15.0 Å². The average Bonchev–Trinajstić information content (AvgIpc) is 2.30. The number of Topliss-reactive ketones (excluding diaryl/α,β-unsaturated/α-hetero) is 1. The minimum Gasteiger partial charge on any atom is -0.292 e. The van der Waals surface area contributed by atoms with E-state index in [1.54, 1.807) is 0 Å². The molecule has 0 bridgehead atoms. The van der Waals surface area contributed by atoms with Gasteiger partial charge >= 0.3 is 6.18 Å². The highest BCUT2D eigenvalue weighted by Gasteiger charge is 2.32. The second kappa shape index (κ2) is 3.15. The summed E-state index contributed by atoms with van der Waals surface area (Å²) in [4.78, 5) is 10.9. The minimum absolute atomic E-state index is 0.141. The predicted octanol–water partition coefficient (Wildman–Crippen LogP) is 0.950. The molecule has 0 aliphatic heterocycles. The van der Waals surface area contributed by atoms with Gasteiger partial charge in [0.15, 0.2) is 5.78 Å². The zero-order valence-electron chi connectivity index (χ0n) is 6.67. The number of hydrogen-bond donors (Lipinski definition) is 0. The van der Waals surface area contributed by atoms with Gasteiger partial charge in [-0.05, 0) is 0 Å². The monoisotopic (exact) mass is 193 g/mol. The zero-order chi connectivity index (χ0) is 10.1. The minimum atomic E-state index is -4.48. The largest absolute Gasteiger partial charge is 0.396 e. The summed E-state index contributed by atoms with van der Waals surface area (Å²) in [6.07, 6.45) is -4.95. The summed E-state index contributed by atoms with van der Waals surface area (Å²) in [5.74, 6) is -1.03. The molecule has 1 aromatic heterocycles. The smallest absolute Gasteiger partial charge is 0.292 e. The Morgan fingerprint density at radius 3 is 2.62 bits per heavy atom. The Labute approximate surface area is 71.3 Å². The van der Waals surface area contributed by atoms with E-state index in [9.17, 15) is 18.0 Å². The molecule has 0 amide bonds. The van der Waals surface area contributed by atoms with Crippen LogP contribution in [-0.2, 0) is 7.05 Å². The van der Waals surface area contributed by atoms with Crippen molar-refractivity contribution in [3.63, 3.8) is 0 Å². The lowest BCUT2D eigenvalue weighted by Gasteiger charge is -2.03. The molecule has 4 nitrogen and oxygen atoms in total. The third-order valence-electron chi connectivity index (χ3n) is 1.36. The van der Waals surface area contributed by atoms with Crippen LogP contribution >= 0.6 is 0 Å². The molecule has 0 aromatic carbocycles. The van der Waals surface area contributed by atoms with Crippen LogP contribution in [0.4, 0.5) is 13.2 Å². The van der Waals surface area contributed by atoms with E-state index in [1.807, 2.05) is 0 Å². The number of rotatable bonds is 2. The lowest BCUT2D eigenvalue weighted by molar-refractivity contribution is -0.125. The van der Waals surface area contributed by atoms with Crippen molar-refractivity contribution in [1.29, 1.82) is 0 Å². The summed E-state index contributed by atoms with van der Waals surface area (Å²) < 4.78 is 36.3. The number of aromatic nitrogens is 3. The molecule has 13 heavy (non-hydrogen) atoms. The van der Waals surface area contributed by atoms with Gasteiger partial charge in [-0.3, -0.25) is 4.79 Å². The summed E-state index contributed by atoms with van der Waals surface area (Å²) in [5.41, 5.74) is -0.141. The van der Waals surface area contributed by atoms with Crippen molar-refractivity contribution in [2.45, 2.75) is 12.6 Å². The maximum absolute atomic E-state index is 11.8. The summed E-state index contributed by atoms with van der Waals surface area (Å²) in [7, 11) is 1.36. The molecule has 0 spiro atoms. The third kappa shape index (κ3) is 2.53. The van der Waals surface area contributed by atoms with Crippen LogP contribution in [0.1, 0.15) is 16.9 Å². The summed E-state index contributed by atoms with van der Waals surface area (Å²) in [5, 5.41) is 6.64. The highest BCUT2D eigenvalue weighted by Crippen LogP contribution is 2.21. The van der Waals surface area contributed by atoms with E-state index < -0.39 is 18.4 Å². The van der Waals surface area contributed by atoms with E-state index in [0.717, 1.165) is 10.9 Å². The molecule has 0 saturated carbocycles. The van der Waals surface area contributed by atoms with E-state index in [-0.39, 0.29) is 5.69 Å². The first-order valence-corrected chi connectivity index (χ1v) is 3.35. The fourth-order valence-corrected chi connectivity index (χ4v) is 0.815. The van der Waals surface area contributed by atoms with E-state index >= 15 is 0 Å². The summed E-state index contributed by atoms with van der Waals surface area (Å²) in [6.45, 7) is 0. The topological polar surface area (TPSA) is 47.8 Å². The predicted molar refractivity (Wildman–Crippen MR) is 36.0 cm³/mol. The Morgan fingerprint density at radius 1 is 1.62 bits per heavy atom. The van der Waals surface area contributed by atoms with Gasteiger partial charge < -0.3 is 0 Å². The molecule has 0 unspecified atom stereocenters. The first-order valence-electron chi connectivity index (χ1n) is 3.35. The standard InChI is InChI=1S/C6H6F3N3O/c1-12-4(3-10-11-12)5(13)2-6(7,8)9/h3H,2H2,1H3. The van der Waals surface area contributed by atoms with Gasteiger partial charge in [0.2, 0.25) is 0 Å². The average molecular weight is 193 g/mol. The van der Waals surface area contributed by atoms with Crippen molar-refractivity contribution < 1.29 is 18.0 Å². The van der Waals surface area contributed by atoms with Gasteiger partial charge in [0.1, 0.15) is 12.1 Å². The van der Waals surface area contributed by atoms with Crippen molar-refractivity contribution in [3.05, 3.63) is 11.9 Å². The van der Waals surface area contributed by atoms with Gasteiger partial charge in [-0.25, -0.2) is 4.68 Å². The number of alkyl halides is 3. The van der Waals surface area contributed by atoms with Crippen LogP contribution in [0.15, 0.2) is 6.20 Å². The Morgan fingerprint density at radius 2 is 2.23 bits per heavy atom. The second-order valence-corrected chi connectivity index (χ2v) is 2.46. The van der Waals surface area contributed by atoms with Crippen LogP contribution < -0.4 is 0 Å². The molecular weight excluding hydrogens is 187 g/mol. The number of nitrogens with zero attached hydrogens (tertiary/aromatic N) is 3. The van der Waals surface area contributed by atoms with Gasteiger partial charge in [-0.15, -0.1) is 5.10 Å². The first kappa shape index (κ1) is 9.69. The van der Waals surface area contributed by atoms with Crippen LogP contribution in [0.2, 0.25) is 0 Å². The molecule has 1 heterocycles. The molecule has 0 fully saturated rings. The first-order chi connectivity index (χ1) is 5.90. The van der Waals surface area contributed by atoms with Crippen molar-refractivity contribution >= 4 is 5.78 Å². The molecule has 0 atom stereocenters. The molecule has 1 rings (SSSR count). The van der Waals surface area contributed by atoms with Crippen LogP contribution in [0, 0.1) is 0 Å². The van der Waals surface area contributed by atoms with E-state index in [1.165, 1.54) is 7.05 Å². The quantitative estimate of drug-likeness (QED) is 0.657. The van der Waals surface area contributed by atoms with Gasteiger partial charge in [0, 0.05) is 7.05 Å². The highest BCUT2D eigenvalue weighted by molar-refractivity contribution is 5.94. The SMILES string of the molecule is Cn1nncc1C(=O)CC(F)(F)F. The third-order valence-corrected chi connectivity index (χ3v) is 1.36. The summed E-state index contributed by atoms with van der Waals surface area (Å²) in [6, 6.07) is 0. The number of ketones is 1. The van der Waals surface area contributed by atoms with E-state index in [0.29, 0.717) is 0 Å². The number of hydrogen-bond acceptors (Lipinski definition) is 3. The second-order valence-electron chi connectivity index (χ2n) is 2.46. The maximum Gasteiger partial charge on any atom is 0.396 e. The Balaban J connectivity index is 2.76. The number of halogens is 3. The molecular formula is C6H6F3N3O. The van der Waals surface area contributed by atoms with Crippen molar-refractivity contribution in [2.75, 3.05) is 0 Å². The lowest BCUT2D eigenvalue weighted by atomic mass is 10.2.